The highest BCUT2D eigenvalue weighted by atomic mass is 35.5. The Morgan fingerprint density at radius 2 is 1.83 bits per heavy atom. The fourth-order valence-corrected chi connectivity index (χ4v) is 2.80. The van der Waals surface area contributed by atoms with Gasteiger partial charge in [0.25, 0.3) is 5.89 Å². The smallest absolute Gasteiger partial charge is 0.266 e. The predicted octanol–water partition coefficient (Wildman–Crippen LogP) is 4.32. The molecule has 0 N–H and O–H groups in total. The molecule has 4 rings (SSSR count). The highest BCUT2D eigenvalue weighted by Gasteiger charge is 2.18. The summed E-state index contributed by atoms with van der Waals surface area (Å²) in [6, 6.07) is 11.4. The maximum absolute atomic E-state index is 6.19. The van der Waals surface area contributed by atoms with E-state index in [4.69, 9.17) is 16.0 Å². The van der Waals surface area contributed by atoms with Crippen molar-refractivity contribution in [2.24, 2.45) is 0 Å². The minimum absolute atomic E-state index is 0.395. The van der Waals surface area contributed by atoms with E-state index in [1.807, 2.05) is 54.8 Å². The Kier molecular flexibility index (Phi) is 3.16. The molecule has 3 heterocycles. The molecule has 0 saturated heterocycles. The van der Waals surface area contributed by atoms with Gasteiger partial charge in [-0.1, -0.05) is 23.7 Å². The summed E-state index contributed by atoms with van der Waals surface area (Å²) < 4.78 is 7.80. The monoisotopic (exact) mass is 324 g/mol. The fraction of sp³-hybridized carbons (Fsp3) is 0.118. The lowest BCUT2D eigenvalue weighted by Crippen LogP contribution is -1.89. The molecule has 1 aromatic carbocycles. The summed E-state index contributed by atoms with van der Waals surface area (Å²) in [6.07, 6.45) is 1.96. The zero-order valence-electron chi connectivity index (χ0n) is 12.6. The highest BCUT2D eigenvalue weighted by Crippen LogP contribution is 2.30. The van der Waals surface area contributed by atoms with Crippen molar-refractivity contribution in [2.75, 3.05) is 0 Å². The van der Waals surface area contributed by atoms with Crippen LogP contribution in [-0.4, -0.2) is 19.6 Å². The lowest BCUT2D eigenvalue weighted by atomic mass is 10.2. The van der Waals surface area contributed by atoms with E-state index >= 15 is 0 Å². The van der Waals surface area contributed by atoms with Gasteiger partial charge in [-0.05, 0) is 43.7 Å². The number of pyridine rings is 1. The molecule has 4 aromatic rings. The fourth-order valence-electron chi connectivity index (χ4n) is 2.58. The molecule has 0 saturated carbocycles. The largest absolute Gasteiger partial charge is 0.415 e. The maximum Gasteiger partial charge on any atom is 0.266 e. The van der Waals surface area contributed by atoms with Gasteiger partial charge in [0.05, 0.1) is 16.3 Å². The molecule has 0 unspecified atom stereocenters. The van der Waals surface area contributed by atoms with Crippen LogP contribution in [0, 0.1) is 13.8 Å². The number of fused-ring (bicyclic) bond motifs is 1. The molecule has 0 bridgehead atoms. The van der Waals surface area contributed by atoms with E-state index in [1.54, 1.807) is 6.07 Å². The van der Waals surface area contributed by atoms with Crippen LogP contribution in [0.4, 0.5) is 0 Å². The van der Waals surface area contributed by atoms with Crippen molar-refractivity contribution in [3.63, 3.8) is 0 Å². The van der Waals surface area contributed by atoms with Crippen molar-refractivity contribution in [1.29, 1.82) is 0 Å². The van der Waals surface area contributed by atoms with E-state index in [0.29, 0.717) is 16.8 Å². The molecule has 0 aliphatic rings. The van der Waals surface area contributed by atoms with Crippen LogP contribution < -0.4 is 0 Å². The molecule has 0 radical (unpaired) electrons. The Bertz CT molecular complexity index is 1020. The maximum atomic E-state index is 6.19. The second-order valence-corrected chi connectivity index (χ2v) is 5.78. The molecule has 0 atom stereocenters. The molecular formula is C17H13ClN4O. The Morgan fingerprint density at radius 3 is 2.65 bits per heavy atom. The van der Waals surface area contributed by atoms with Gasteiger partial charge in [0.2, 0.25) is 5.89 Å². The Labute approximate surface area is 137 Å². The lowest BCUT2D eigenvalue weighted by molar-refractivity contribution is 0.581. The molecule has 23 heavy (non-hydrogen) atoms. The summed E-state index contributed by atoms with van der Waals surface area (Å²) in [7, 11) is 0. The third kappa shape index (κ3) is 2.29. The molecule has 6 heteroatoms. The minimum atomic E-state index is 0.395. The summed E-state index contributed by atoms with van der Waals surface area (Å²) >= 11 is 6.19. The average Bonchev–Trinajstić information content (AvgIpc) is 3.10. The normalized spacial score (nSPS) is 11.3. The topological polar surface area (TPSA) is 56.2 Å². The summed E-state index contributed by atoms with van der Waals surface area (Å²) in [6.45, 7) is 3.96. The van der Waals surface area contributed by atoms with Gasteiger partial charge >= 0.3 is 0 Å². The second kappa shape index (κ2) is 5.21. The zero-order valence-corrected chi connectivity index (χ0v) is 13.4. The number of hydrogen-bond acceptors (Lipinski definition) is 4. The summed E-state index contributed by atoms with van der Waals surface area (Å²) in [5.41, 5.74) is 4.36. The standard InChI is InChI=1S/C17H13ClN4O/c1-10-7-8-22-14(9-10)19-11(2)15(22)17-21-20-16(23-17)12-5-3-4-6-13(12)18/h3-9H,1-2H3. The van der Waals surface area contributed by atoms with Crippen LogP contribution in [0.1, 0.15) is 11.3 Å². The third-order valence-electron chi connectivity index (χ3n) is 3.69. The number of rotatable bonds is 2. The van der Waals surface area contributed by atoms with Gasteiger partial charge < -0.3 is 4.42 Å². The first-order valence-corrected chi connectivity index (χ1v) is 7.55. The van der Waals surface area contributed by atoms with Gasteiger partial charge in [0.15, 0.2) is 0 Å². The number of benzene rings is 1. The Morgan fingerprint density at radius 1 is 1.04 bits per heavy atom. The van der Waals surface area contributed by atoms with E-state index < -0.39 is 0 Å². The van der Waals surface area contributed by atoms with Crippen LogP contribution in [-0.2, 0) is 0 Å². The van der Waals surface area contributed by atoms with E-state index in [0.717, 1.165) is 28.2 Å². The average molecular weight is 325 g/mol. The van der Waals surface area contributed by atoms with E-state index in [9.17, 15) is 0 Å². The molecule has 0 aliphatic carbocycles. The van der Waals surface area contributed by atoms with Gasteiger partial charge in [-0.15, -0.1) is 10.2 Å². The van der Waals surface area contributed by atoms with Crippen molar-refractivity contribution >= 4 is 17.2 Å². The molecule has 3 aromatic heterocycles. The number of nitrogens with zero attached hydrogens (tertiary/aromatic N) is 4. The van der Waals surface area contributed by atoms with Gasteiger partial charge in [0.1, 0.15) is 11.3 Å². The predicted molar refractivity (Wildman–Crippen MR) is 88.4 cm³/mol. The molecule has 0 amide bonds. The van der Waals surface area contributed by atoms with Gasteiger partial charge in [0, 0.05) is 6.20 Å². The molecule has 114 valence electrons. The first-order valence-electron chi connectivity index (χ1n) is 7.17. The van der Waals surface area contributed by atoms with Crippen LogP contribution in [0.5, 0.6) is 0 Å². The molecular weight excluding hydrogens is 312 g/mol. The molecule has 0 fully saturated rings. The minimum Gasteiger partial charge on any atom is -0.415 e. The van der Waals surface area contributed by atoms with Crippen LogP contribution in [0.2, 0.25) is 5.02 Å². The number of aryl methyl sites for hydroxylation is 2. The number of hydrogen-bond donors (Lipinski definition) is 0. The van der Waals surface area contributed by atoms with Gasteiger partial charge in [-0.25, -0.2) is 4.98 Å². The number of halogens is 1. The van der Waals surface area contributed by atoms with Gasteiger partial charge in [-0.2, -0.15) is 0 Å². The summed E-state index contributed by atoms with van der Waals surface area (Å²) in [5.74, 6) is 0.820. The van der Waals surface area contributed by atoms with E-state index in [-0.39, 0.29) is 0 Å². The molecule has 0 aliphatic heterocycles. The highest BCUT2D eigenvalue weighted by molar-refractivity contribution is 6.33. The van der Waals surface area contributed by atoms with Crippen LogP contribution in [0.3, 0.4) is 0 Å². The Hall–Kier alpha value is -2.66. The summed E-state index contributed by atoms with van der Waals surface area (Å²) in [5, 5.41) is 8.88. The van der Waals surface area contributed by atoms with Crippen molar-refractivity contribution in [2.45, 2.75) is 13.8 Å². The van der Waals surface area contributed by atoms with Crippen LogP contribution in [0.15, 0.2) is 47.0 Å². The molecule has 0 spiro atoms. The third-order valence-corrected chi connectivity index (χ3v) is 4.02. The first kappa shape index (κ1) is 14.0. The Balaban J connectivity index is 1.87. The van der Waals surface area contributed by atoms with Crippen molar-refractivity contribution in [3.8, 4) is 23.0 Å². The molecule has 5 nitrogen and oxygen atoms in total. The van der Waals surface area contributed by atoms with Crippen LogP contribution in [0.25, 0.3) is 28.7 Å². The summed E-state index contributed by atoms with van der Waals surface area (Å²) in [4.78, 5) is 4.56. The number of imidazole rings is 1. The SMILES string of the molecule is Cc1ccn2c(-c3nnc(-c4ccccc4Cl)o3)c(C)nc2c1. The van der Waals surface area contributed by atoms with E-state index in [2.05, 4.69) is 15.2 Å². The van der Waals surface area contributed by atoms with Crippen molar-refractivity contribution in [3.05, 3.63) is 58.9 Å². The van der Waals surface area contributed by atoms with Crippen molar-refractivity contribution in [1.82, 2.24) is 19.6 Å². The quantitative estimate of drug-likeness (QED) is 0.551. The van der Waals surface area contributed by atoms with Crippen molar-refractivity contribution < 1.29 is 4.42 Å². The van der Waals surface area contributed by atoms with Gasteiger partial charge in [-0.3, -0.25) is 4.40 Å². The first-order chi connectivity index (χ1) is 11.1. The second-order valence-electron chi connectivity index (χ2n) is 5.37. The number of aromatic nitrogens is 4. The lowest BCUT2D eigenvalue weighted by Gasteiger charge is -1.99. The zero-order chi connectivity index (χ0) is 16.0. The van der Waals surface area contributed by atoms with Crippen LogP contribution >= 0.6 is 11.6 Å². The van der Waals surface area contributed by atoms with E-state index in [1.165, 1.54) is 0 Å².